The maximum atomic E-state index is 5.62. The summed E-state index contributed by atoms with van der Waals surface area (Å²) in [5.74, 6) is 1.02. The van der Waals surface area contributed by atoms with Crippen LogP contribution in [-0.4, -0.2) is 17.0 Å². The van der Waals surface area contributed by atoms with Gasteiger partial charge in [0.15, 0.2) is 0 Å². The van der Waals surface area contributed by atoms with E-state index >= 15 is 0 Å². The van der Waals surface area contributed by atoms with E-state index in [4.69, 9.17) is 5.73 Å². The molecule has 1 fully saturated rings. The molecule has 0 heterocycles. The van der Waals surface area contributed by atoms with Gasteiger partial charge in [0.2, 0.25) is 0 Å². The van der Waals surface area contributed by atoms with Crippen molar-refractivity contribution in [3.8, 4) is 0 Å². The van der Waals surface area contributed by atoms with Crippen LogP contribution < -0.4 is 5.73 Å². The van der Waals surface area contributed by atoms with E-state index in [-0.39, 0.29) is 0 Å². The van der Waals surface area contributed by atoms with Crippen molar-refractivity contribution in [3.05, 3.63) is 0 Å². The molecule has 2 heteroatoms. The van der Waals surface area contributed by atoms with Gasteiger partial charge in [0, 0.05) is 17.0 Å². The van der Waals surface area contributed by atoms with E-state index in [1.807, 2.05) is 0 Å². The Kier molecular flexibility index (Phi) is 5.18. The number of thioether (sulfide) groups is 1. The van der Waals surface area contributed by atoms with Crippen molar-refractivity contribution in [2.75, 3.05) is 6.54 Å². The summed E-state index contributed by atoms with van der Waals surface area (Å²) in [7, 11) is 0. The predicted molar refractivity (Wildman–Crippen MR) is 62.1 cm³/mol. The van der Waals surface area contributed by atoms with Crippen molar-refractivity contribution in [2.45, 2.75) is 56.5 Å². The molecule has 0 aliphatic heterocycles. The first kappa shape index (κ1) is 11.4. The molecule has 1 atom stereocenters. The average Bonchev–Trinajstić information content (AvgIpc) is 2.19. The first-order chi connectivity index (χ1) is 6.26. The molecule has 0 saturated heterocycles. The zero-order chi connectivity index (χ0) is 9.68. The zero-order valence-corrected chi connectivity index (χ0v) is 9.78. The van der Waals surface area contributed by atoms with Crippen LogP contribution in [0.2, 0.25) is 0 Å². The third kappa shape index (κ3) is 3.90. The highest BCUT2D eigenvalue weighted by molar-refractivity contribution is 8.00. The number of rotatable bonds is 4. The first-order valence-electron chi connectivity index (χ1n) is 5.61. The fourth-order valence-electron chi connectivity index (χ4n) is 2.06. The molecule has 13 heavy (non-hydrogen) atoms. The van der Waals surface area contributed by atoms with Crippen LogP contribution in [0.15, 0.2) is 0 Å². The summed E-state index contributed by atoms with van der Waals surface area (Å²) in [6.45, 7) is 5.40. The summed E-state index contributed by atoms with van der Waals surface area (Å²) in [5.41, 5.74) is 5.62. The second kappa shape index (κ2) is 5.92. The third-order valence-corrected chi connectivity index (χ3v) is 4.64. The van der Waals surface area contributed by atoms with E-state index < -0.39 is 0 Å². The van der Waals surface area contributed by atoms with Crippen LogP contribution in [0, 0.1) is 5.92 Å². The van der Waals surface area contributed by atoms with E-state index in [2.05, 4.69) is 25.6 Å². The van der Waals surface area contributed by atoms with Crippen molar-refractivity contribution in [2.24, 2.45) is 11.7 Å². The van der Waals surface area contributed by atoms with Crippen molar-refractivity contribution in [1.29, 1.82) is 0 Å². The van der Waals surface area contributed by atoms with E-state index in [1.54, 1.807) is 0 Å². The maximum absolute atomic E-state index is 5.62. The highest BCUT2D eigenvalue weighted by Gasteiger charge is 2.21. The topological polar surface area (TPSA) is 26.0 Å². The Balaban J connectivity index is 2.17. The van der Waals surface area contributed by atoms with Crippen LogP contribution >= 0.6 is 11.8 Å². The number of hydrogen-bond acceptors (Lipinski definition) is 2. The molecule has 0 aromatic heterocycles. The Bertz CT molecular complexity index is 130. The van der Waals surface area contributed by atoms with E-state index in [1.165, 1.54) is 32.1 Å². The standard InChI is InChI=1S/C11H23NS/c1-3-10-4-6-11(7-5-10)13-9(2)8-12/h9-11H,3-8,12H2,1-2H3. The third-order valence-electron chi connectivity index (χ3n) is 3.13. The Morgan fingerprint density at radius 3 is 2.38 bits per heavy atom. The second-order valence-corrected chi connectivity index (χ2v) is 5.98. The lowest BCUT2D eigenvalue weighted by Gasteiger charge is -2.28. The van der Waals surface area contributed by atoms with Gasteiger partial charge in [-0.2, -0.15) is 11.8 Å². The SMILES string of the molecule is CCC1CCC(SC(C)CN)CC1. The van der Waals surface area contributed by atoms with Crippen molar-refractivity contribution in [3.63, 3.8) is 0 Å². The highest BCUT2D eigenvalue weighted by atomic mass is 32.2. The van der Waals surface area contributed by atoms with Crippen molar-refractivity contribution in [1.82, 2.24) is 0 Å². The molecule has 1 aliphatic carbocycles. The summed E-state index contributed by atoms with van der Waals surface area (Å²) in [5, 5.41) is 1.56. The van der Waals surface area contributed by atoms with Gasteiger partial charge in [-0.3, -0.25) is 0 Å². The Morgan fingerprint density at radius 2 is 1.92 bits per heavy atom. The molecule has 0 radical (unpaired) electrons. The molecule has 0 spiro atoms. The van der Waals surface area contributed by atoms with Gasteiger partial charge in [0.05, 0.1) is 0 Å². The van der Waals surface area contributed by atoms with E-state index in [0.717, 1.165) is 17.7 Å². The molecule has 2 N–H and O–H groups in total. The van der Waals surface area contributed by atoms with Gasteiger partial charge in [-0.25, -0.2) is 0 Å². The molecule has 1 aliphatic rings. The molecule has 1 nitrogen and oxygen atoms in total. The fourth-order valence-corrected chi connectivity index (χ4v) is 3.37. The zero-order valence-electron chi connectivity index (χ0n) is 8.96. The molecule has 1 rings (SSSR count). The first-order valence-corrected chi connectivity index (χ1v) is 6.56. The van der Waals surface area contributed by atoms with Crippen LogP contribution in [0.3, 0.4) is 0 Å². The van der Waals surface area contributed by atoms with Crippen LogP contribution in [0.4, 0.5) is 0 Å². The molecule has 1 unspecified atom stereocenters. The minimum atomic E-state index is 0.656. The van der Waals surface area contributed by atoms with Gasteiger partial charge in [-0.1, -0.05) is 20.3 Å². The van der Waals surface area contributed by atoms with Gasteiger partial charge < -0.3 is 5.73 Å². The molecular weight excluding hydrogens is 178 g/mol. The van der Waals surface area contributed by atoms with E-state index in [0.29, 0.717) is 5.25 Å². The minimum absolute atomic E-state index is 0.656. The van der Waals surface area contributed by atoms with Gasteiger partial charge >= 0.3 is 0 Å². The predicted octanol–water partition coefficient (Wildman–Crippen LogP) is 3.04. The van der Waals surface area contributed by atoms with Gasteiger partial charge in [0.1, 0.15) is 0 Å². The smallest absolute Gasteiger partial charge is 0.0144 e. The number of nitrogens with two attached hydrogens (primary N) is 1. The summed E-state index contributed by atoms with van der Waals surface area (Å²) in [6, 6.07) is 0. The Labute approximate surface area is 86.8 Å². The average molecular weight is 201 g/mol. The second-order valence-electron chi connectivity index (χ2n) is 4.23. The summed E-state index contributed by atoms with van der Waals surface area (Å²) in [4.78, 5) is 0. The maximum Gasteiger partial charge on any atom is 0.0144 e. The molecule has 1 saturated carbocycles. The van der Waals surface area contributed by atoms with Gasteiger partial charge in [0.25, 0.3) is 0 Å². The summed E-state index contributed by atoms with van der Waals surface area (Å²) in [6.07, 6.45) is 7.13. The van der Waals surface area contributed by atoms with E-state index in [9.17, 15) is 0 Å². The lowest BCUT2D eigenvalue weighted by molar-refractivity contribution is 0.356. The van der Waals surface area contributed by atoms with Crippen LogP contribution in [-0.2, 0) is 0 Å². The molecule has 78 valence electrons. The molecule has 0 amide bonds. The van der Waals surface area contributed by atoms with Crippen LogP contribution in [0.1, 0.15) is 46.0 Å². The number of hydrogen-bond donors (Lipinski definition) is 1. The molecular formula is C11H23NS. The summed E-state index contributed by atoms with van der Waals surface area (Å²) < 4.78 is 0. The minimum Gasteiger partial charge on any atom is -0.329 e. The lowest BCUT2D eigenvalue weighted by atomic mass is 9.87. The van der Waals surface area contributed by atoms with Gasteiger partial charge in [-0.05, 0) is 31.6 Å². The normalized spacial score (nSPS) is 31.6. The van der Waals surface area contributed by atoms with Crippen LogP contribution in [0.25, 0.3) is 0 Å². The lowest BCUT2D eigenvalue weighted by Crippen LogP contribution is -2.21. The monoisotopic (exact) mass is 201 g/mol. The van der Waals surface area contributed by atoms with Crippen molar-refractivity contribution >= 4 is 11.8 Å². The highest BCUT2D eigenvalue weighted by Crippen LogP contribution is 2.34. The largest absolute Gasteiger partial charge is 0.329 e. The van der Waals surface area contributed by atoms with Crippen LogP contribution in [0.5, 0.6) is 0 Å². The molecule has 0 bridgehead atoms. The summed E-state index contributed by atoms with van der Waals surface area (Å²) >= 11 is 2.11. The van der Waals surface area contributed by atoms with Gasteiger partial charge in [-0.15, -0.1) is 0 Å². The molecule has 0 aromatic carbocycles. The Morgan fingerprint density at radius 1 is 1.31 bits per heavy atom. The van der Waals surface area contributed by atoms with Crippen molar-refractivity contribution < 1.29 is 0 Å². The quantitative estimate of drug-likeness (QED) is 0.756. The fraction of sp³-hybridized carbons (Fsp3) is 1.00. The Hall–Kier alpha value is 0.310. The molecule has 0 aromatic rings.